The molecule has 0 fully saturated rings. The summed E-state index contributed by atoms with van der Waals surface area (Å²) in [6.45, 7) is 0. The Morgan fingerprint density at radius 2 is 1.83 bits per heavy atom. The second kappa shape index (κ2) is 6.10. The van der Waals surface area contributed by atoms with Crippen LogP contribution in [0.1, 0.15) is 37.7 Å². The average molecular weight is 252 g/mol. The van der Waals surface area contributed by atoms with E-state index in [1.54, 1.807) is 0 Å². The first-order valence-electron chi connectivity index (χ1n) is 6.48. The van der Waals surface area contributed by atoms with Crippen LogP contribution in [0.25, 0.3) is 0 Å². The van der Waals surface area contributed by atoms with Gasteiger partial charge in [0.25, 0.3) is 0 Å². The lowest BCUT2D eigenvalue weighted by Crippen LogP contribution is -2.16. The Hall–Kier alpha value is -1.22. The zero-order chi connectivity index (χ0) is 13.0. The molecule has 1 aliphatic rings. The fraction of sp³-hybridized carbons (Fsp3) is 0.467. The molecule has 0 radical (unpaired) electrons. The summed E-state index contributed by atoms with van der Waals surface area (Å²) in [5, 5.41) is 10.1. The van der Waals surface area contributed by atoms with Gasteiger partial charge < -0.3 is 5.11 Å². The molecule has 1 unspecified atom stereocenters. The highest BCUT2D eigenvalue weighted by Gasteiger charge is 2.17. The Bertz CT molecular complexity index is 420. The van der Waals surface area contributed by atoms with Gasteiger partial charge in [0.1, 0.15) is 11.6 Å². The third kappa shape index (κ3) is 3.16. The third-order valence-electron chi connectivity index (χ3n) is 3.46. The van der Waals surface area contributed by atoms with Crippen LogP contribution in [0.2, 0.25) is 0 Å². The van der Waals surface area contributed by atoms with E-state index in [0.29, 0.717) is 0 Å². The summed E-state index contributed by atoms with van der Waals surface area (Å²) in [6, 6.07) is 3.80. The van der Waals surface area contributed by atoms with Crippen molar-refractivity contribution in [3.05, 3.63) is 47.0 Å². The highest BCUT2D eigenvalue weighted by molar-refractivity contribution is 5.23. The summed E-state index contributed by atoms with van der Waals surface area (Å²) in [4.78, 5) is 0. The molecule has 1 aromatic rings. The van der Waals surface area contributed by atoms with Crippen LogP contribution in [0.15, 0.2) is 29.8 Å². The van der Waals surface area contributed by atoms with Gasteiger partial charge in [-0.15, -0.1) is 0 Å². The van der Waals surface area contributed by atoms with E-state index in [2.05, 4.69) is 0 Å². The van der Waals surface area contributed by atoms with Crippen molar-refractivity contribution in [3.63, 3.8) is 0 Å². The third-order valence-corrected chi connectivity index (χ3v) is 3.46. The van der Waals surface area contributed by atoms with Gasteiger partial charge in [-0.3, -0.25) is 0 Å². The van der Waals surface area contributed by atoms with Crippen molar-refractivity contribution in [2.24, 2.45) is 0 Å². The summed E-state index contributed by atoms with van der Waals surface area (Å²) in [5.41, 5.74) is 0.908. The molecule has 1 aliphatic carbocycles. The van der Waals surface area contributed by atoms with Gasteiger partial charge in [-0.25, -0.2) is 8.78 Å². The molecule has 1 nitrogen and oxygen atoms in total. The Morgan fingerprint density at radius 3 is 2.56 bits per heavy atom. The fourth-order valence-corrected chi connectivity index (χ4v) is 2.39. The predicted molar refractivity (Wildman–Crippen MR) is 67.2 cm³/mol. The number of rotatable bonds is 3. The second-order valence-corrected chi connectivity index (χ2v) is 4.80. The van der Waals surface area contributed by atoms with Crippen molar-refractivity contribution < 1.29 is 13.9 Å². The van der Waals surface area contributed by atoms with E-state index >= 15 is 0 Å². The van der Waals surface area contributed by atoms with Gasteiger partial charge in [0.2, 0.25) is 0 Å². The Balaban J connectivity index is 2.10. The molecule has 0 aromatic heterocycles. The molecule has 0 bridgehead atoms. The van der Waals surface area contributed by atoms with E-state index in [0.717, 1.165) is 37.7 Å². The highest BCUT2D eigenvalue weighted by Crippen LogP contribution is 2.23. The lowest BCUT2D eigenvalue weighted by molar-refractivity contribution is 0.203. The quantitative estimate of drug-likeness (QED) is 0.812. The van der Waals surface area contributed by atoms with Gasteiger partial charge in [0.05, 0.1) is 6.10 Å². The predicted octanol–water partition coefficient (Wildman–Crippen LogP) is 3.76. The van der Waals surface area contributed by atoms with Crippen LogP contribution in [0, 0.1) is 11.6 Å². The van der Waals surface area contributed by atoms with E-state index in [-0.39, 0.29) is 12.0 Å². The topological polar surface area (TPSA) is 20.2 Å². The molecule has 0 spiro atoms. The second-order valence-electron chi connectivity index (χ2n) is 4.80. The van der Waals surface area contributed by atoms with Gasteiger partial charge in [-0.1, -0.05) is 18.6 Å². The minimum absolute atomic E-state index is 0.0182. The van der Waals surface area contributed by atoms with Gasteiger partial charge in [0, 0.05) is 12.0 Å². The number of halogens is 2. The summed E-state index contributed by atoms with van der Waals surface area (Å²) in [7, 11) is 0. The molecule has 3 heteroatoms. The van der Waals surface area contributed by atoms with Crippen molar-refractivity contribution in [2.75, 3.05) is 0 Å². The van der Waals surface area contributed by atoms with Crippen LogP contribution in [0.4, 0.5) is 8.78 Å². The van der Waals surface area contributed by atoms with Crippen LogP contribution in [0.3, 0.4) is 0 Å². The lowest BCUT2D eigenvalue weighted by Gasteiger charge is -2.15. The smallest absolute Gasteiger partial charge is 0.129 e. The molecule has 0 aliphatic heterocycles. The van der Waals surface area contributed by atoms with Crippen LogP contribution >= 0.6 is 0 Å². The van der Waals surface area contributed by atoms with Crippen molar-refractivity contribution in [1.82, 2.24) is 0 Å². The van der Waals surface area contributed by atoms with Gasteiger partial charge in [0.15, 0.2) is 0 Å². The zero-order valence-electron chi connectivity index (χ0n) is 10.3. The van der Waals surface area contributed by atoms with E-state index in [1.807, 2.05) is 6.08 Å². The fourth-order valence-electron chi connectivity index (χ4n) is 2.39. The van der Waals surface area contributed by atoms with Crippen molar-refractivity contribution in [1.29, 1.82) is 0 Å². The first kappa shape index (κ1) is 13.2. The molecule has 0 saturated heterocycles. The monoisotopic (exact) mass is 252 g/mol. The van der Waals surface area contributed by atoms with Gasteiger partial charge >= 0.3 is 0 Å². The van der Waals surface area contributed by atoms with E-state index in [1.165, 1.54) is 18.2 Å². The van der Waals surface area contributed by atoms with Gasteiger partial charge in [-0.2, -0.15) is 0 Å². The summed E-state index contributed by atoms with van der Waals surface area (Å²) >= 11 is 0. The van der Waals surface area contributed by atoms with Crippen molar-refractivity contribution >= 4 is 0 Å². The minimum atomic E-state index is -0.769. The maximum absolute atomic E-state index is 13.5. The van der Waals surface area contributed by atoms with Crippen LogP contribution in [-0.2, 0) is 6.42 Å². The number of allylic oxidation sites excluding steroid dienone is 1. The van der Waals surface area contributed by atoms with Crippen molar-refractivity contribution in [3.8, 4) is 0 Å². The molecule has 0 heterocycles. The molecule has 18 heavy (non-hydrogen) atoms. The lowest BCUT2D eigenvalue weighted by atomic mass is 9.97. The van der Waals surface area contributed by atoms with Crippen LogP contribution in [-0.4, -0.2) is 11.2 Å². The number of benzene rings is 1. The van der Waals surface area contributed by atoms with E-state index in [4.69, 9.17) is 0 Å². The number of aliphatic hydroxyl groups excluding tert-OH is 1. The number of hydrogen-bond acceptors (Lipinski definition) is 1. The standard InChI is InChI=1S/C15H18F2O/c16-13-8-5-9-14(17)12(13)10-15(18)11-6-3-1-2-4-7-11/h5-6,8-9,15,18H,1-4,7,10H2. The summed E-state index contributed by atoms with van der Waals surface area (Å²) < 4.78 is 27.0. The molecular formula is C15H18F2O. The Kier molecular flexibility index (Phi) is 4.48. The molecule has 1 aromatic carbocycles. The first-order chi connectivity index (χ1) is 8.68. The zero-order valence-corrected chi connectivity index (χ0v) is 10.3. The Morgan fingerprint density at radius 1 is 1.11 bits per heavy atom. The molecular weight excluding hydrogens is 234 g/mol. The normalized spacial score (nSPS) is 18.1. The highest BCUT2D eigenvalue weighted by atomic mass is 19.1. The summed E-state index contributed by atoms with van der Waals surface area (Å²) in [6.07, 6.45) is 6.38. The largest absolute Gasteiger partial charge is 0.388 e. The minimum Gasteiger partial charge on any atom is -0.388 e. The van der Waals surface area contributed by atoms with Crippen LogP contribution in [0.5, 0.6) is 0 Å². The maximum Gasteiger partial charge on any atom is 0.129 e. The van der Waals surface area contributed by atoms with Gasteiger partial charge in [-0.05, 0) is 43.4 Å². The number of aliphatic hydroxyl groups is 1. The Labute approximate surface area is 106 Å². The molecule has 0 saturated carbocycles. The molecule has 0 amide bonds. The number of hydrogen-bond donors (Lipinski definition) is 1. The molecule has 98 valence electrons. The molecule has 1 N–H and O–H groups in total. The van der Waals surface area contributed by atoms with E-state index < -0.39 is 17.7 Å². The van der Waals surface area contributed by atoms with Crippen LogP contribution < -0.4 is 0 Å². The SMILES string of the molecule is OC(Cc1c(F)cccc1F)C1=CCCCCC1. The summed E-state index contributed by atoms with van der Waals surface area (Å²) in [5.74, 6) is -1.16. The van der Waals surface area contributed by atoms with E-state index in [9.17, 15) is 13.9 Å². The van der Waals surface area contributed by atoms with Crippen molar-refractivity contribution in [2.45, 2.75) is 44.6 Å². The molecule has 2 rings (SSSR count). The maximum atomic E-state index is 13.5. The first-order valence-corrected chi connectivity index (χ1v) is 6.48. The average Bonchev–Trinajstić information content (AvgIpc) is 2.62. The molecule has 1 atom stereocenters.